The molecular weight excluding hydrogens is 208 g/mol. The number of rotatable bonds is 2. The maximum atomic E-state index is 3.45. The van der Waals surface area contributed by atoms with Crippen LogP contribution in [0.5, 0.6) is 0 Å². The summed E-state index contributed by atoms with van der Waals surface area (Å²) in [6.07, 6.45) is 9.94. The van der Waals surface area contributed by atoms with Crippen LogP contribution in [0.15, 0.2) is 18.5 Å². The first-order chi connectivity index (χ1) is 6.92. The molecule has 82 valence electrons. The summed E-state index contributed by atoms with van der Waals surface area (Å²) in [5, 5.41) is 3.45. The molecule has 0 bridgehead atoms. The van der Waals surface area contributed by atoms with Crippen LogP contribution in [0, 0.1) is 5.92 Å². The van der Waals surface area contributed by atoms with Gasteiger partial charge in [-0.25, -0.2) is 4.57 Å². The van der Waals surface area contributed by atoms with E-state index in [0.717, 1.165) is 12.5 Å². The second-order valence-corrected chi connectivity index (χ2v) is 4.55. The normalized spacial score (nSPS) is 18.7. The number of nitrogens with zero attached hydrogens (tertiary/aromatic N) is 1. The minimum absolute atomic E-state index is 0. The Labute approximate surface area is 97.1 Å². The largest absolute Gasteiger partial charge is 0.384 e. The van der Waals surface area contributed by atoms with E-state index >= 15 is 0 Å². The highest BCUT2D eigenvalue weighted by molar-refractivity contribution is 5.85. The summed E-state index contributed by atoms with van der Waals surface area (Å²) < 4.78 is 2.36. The van der Waals surface area contributed by atoms with Crippen LogP contribution in [0.25, 0.3) is 0 Å². The van der Waals surface area contributed by atoms with Crippen molar-refractivity contribution in [3.63, 3.8) is 0 Å². The third-order valence-corrected chi connectivity index (χ3v) is 3.20. The Morgan fingerprint density at radius 3 is 3.07 bits per heavy atom. The zero-order chi connectivity index (χ0) is 9.38. The van der Waals surface area contributed by atoms with Crippen LogP contribution in [0.2, 0.25) is 0 Å². The van der Waals surface area contributed by atoms with Gasteiger partial charge in [0.1, 0.15) is 0 Å². The highest BCUT2D eigenvalue weighted by Crippen LogP contribution is 2.29. The lowest BCUT2D eigenvalue weighted by molar-refractivity contribution is -0.700. The number of nitrogens with one attached hydrogen (secondary N) is 1. The van der Waals surface area contributed by atoms with Crippen LogP contribution < -0.4 is 9.88 Å². The first-order valence-electron chi connectivity index (χ1n) is 5.68. The quantitative estimate of drug-likeness (QED) is 0.763. The van der Waals surface area contributed by atoms with Gasteiger partial charge in [-0.3, -0.25) is 0 Å². The summed E-state index contributed by atoms with van der Waals surface area (Å²) in [5.41, 5.74) is 2.85. The zero-order valence-electron chi connectivity index (χ0n) is 8.91. The smallest absolute Gasteiger partial charge is 0.174 e. The lowest BCUT2D eigenvalue weighted by Crippen LogP contribution is -2.35. The van der Waals surface area contributed by atoms with E-state index in [1.807, 2.05) is 0 Å². The predicted molar refractivity (Wildman–Crippen MR) is 63.4 cm³/mol. The first kappa shape index (κ1) is 10.7. The van der Waals surface area contributed by atoms with E-state index < -0.39 is 0 Å². The monoisotopic (exact) mass is 225 g/mol. The Morgan fingerprint density at radius 2 is 2.27 bits per heavy atom. The van der Waals surface area contributed by atoms with Crippen molar-refractivity contribution in [1.82, 2.24) is 0 Å². The van der Waals surface area contributed by atoms with Crippen molar-refractivity contribution < 1.29 is 4.57 Å². The van der Waals surface area contributed by atoms with Crippen molar-refractivity contribution in [2.75, 3.05) is 11.9 Å². The fourth-order valence-corrected chi connectivity index (χ4v) is 2.18. The highest BCUT2D eigenvalue weighted by atomic mass is 35.5. The van der Waals surface area contributed by atoms with E-state index in [0.29, 0.717) is 0 Å². The summed E-state index contributed by atoms with van der Waals surface area (Å²) in [6, 6.07) is 2.23. The van der Waals surface area contributed by atoms with Crippen molar-refractivity contribution in [3.05, 3.63) is 24.0 Å². The summed E-state index contributed by atoms with van der Waals surface area (Å²) in [6.45, 7) is 2.37. The van der Waals surface area contributed by atoms with Crippen LogP contribution in [0.3, 0.4) is 0 Å². The molecule has 0 saturated heterocycles. The SMILES string of the molecule is Cl.c1c[n+](CC2CC2)cc2c1NCCC2. The molecule has 0 radical (unpaired) electrons. The van der Waals surface area contributed by atoms with Crippen molar-refractivity contribution in [2.45, 2.75) is 32.2 Å². The molecule has 0 atom stereocenters. The van der Waals surface area contributed by atoms with Crippen molar-refractivity contribution >= 4 is 18.1 Å². The van der Waals surface area contributed by atoms with E-state index in [-0.39, 0.29) is 12.4 Å². The van der Waals surface area contributed by atoms with Gasteiger partial charge < -0.3 is 5.32 Å². The molecule has 1 aliphatic carbocycles. The molecule has 1 fully saturated rings. The lowest BCUT2D eigenvalue weighted by atomic mass is 10.1. The molecule has 1 aromatic rings. The molecule has 0 aromatic carbocycles. The van der Waals surface area contributed by atoms with Gasteiger partial charge in [-0.15, -0.1) is 12.4 Å². The van der Waals surface area contributed by atoms with E-state index in [2.05, 4.69) is 28.3 Å². The molecule has 2 nitrogen and oxygen atoms in total. The van der Waals surface area contributed by atoms with Gasteiger partial charge in [0.15, 0.2) is 18.9 Å². The molecule has 2 aliphatic rings. The van der Waals surface area contributed by atoms with Gasteiger partial charge in [-0.05, 0) is 25.7 Å². The summed E-state index contributed by atoms with van der Waals surface area (Å²) in [7, 11) is 0. The Bertz CT molecular complexity index is 347. The first-order valence-corrected chi connectivity index (χ1v) is 5.68. The maximum absolute atomic E-state index is 3.45. The Balaban J connectivity index is 0.000000853. The average Bonchev–Trinajstić information content (AvgIpc) is 3.02. The van der Waals surface area contributed by atoms with Crippen molar-refractivity contribution in [3.8, 4) is 0 Å². The van der Waals surface area contributed by atoms with Gasteiger partial charge in [-0.1, -0.05) is 0 Å². The molecule has 0 spiro atoms. The standard InChI is InChI=1S/C12H16N2.ClH/c1-2-11-9-14(8-10-3-4-10)7-5-12(11)13-6-1;/h5,7,9-10H,1-4,6,8H2;1H/p+1. The van der Waals surface area contributed by atoms with Crippen molar-refractivity contribution in [2.24, 2.45) is 5.92 Å². The molecule has 1 aromatic heterocycles. The molecule has 0 unspecified atom stereocenters. The number of anilines is 1. The number of fused-ring (bicyclic) bond motifs is 1. The molecule has 0 amide bonds. The van der Waals surface area contributed by atoms with E-state index in [1.165, 1.54) is 43.5 Å². The van der Waals surface area contributed by atoms with Gasteiger partial charge >= 0.3 is 0 Å². The summed E-state index contributed by atoms with van der Waals surface area (Å²) in [5.74, 6) is 0.967. The second-order valence-electron chi connectivity index (χ2n) is 4.55. The van der Waals surface area contributed by atoms with Gasteiger partial charge in [0.05, 0.1) is 0 Å². The molecule has 3 rings (SSSR count). The second kappa shape index (κ2) is 4.40. The molecule has 1 N–H and O–H groups in total. The molecule has 2 heterocycles. The molecular formula is C12H18ClN2+. The van der Waals surface area contributed by atoms with Crippen molar-refractivity contribution in [1.29, 1.82) is 0 Å². The van der Waals surface area contributed by atoms with Crippen LogP contribution in [-0.4, -0.2) is 6.54 Å². The Kier molecular flexibility index (Phi) is 3.15. The lowest BCUT2D eigenvalue weighted by Gasteiger charge is -2.15. The minimum atomic E-state index is 0. The number of hydrogen-bond acceptors (Lipinski definition) is 1. The van der Waals surface area contributed by atoms with Gasteiger partial charge in [0.25, 0.3) is 0 Å². The number of aromatic nitrogens is 1. The fraction of sp³-hybridized carbons (Fsp3) is 0.583. The Hall–Kier alpha value is -0.760. The average molecular weight is 226 g/mol. The van der Waals surface area contributed by atoms with Gasteiger partial charge in [0.2, 0.25) is 0 Å². The fourth-order valence-electron chi connectivity index (χ4n) is 2.18. The number of hydrogen-bond donors (Lipinski definition) is 1. The predicted octanol–water partition coefficient (Wildman–Crippen LogP) is 2.16. The van der Waals surface area contributed by atoms with Gasteiger partial charge in [-0.2, -0.15) is 0 Å². The van der Waals surface area contributed by atoms with E-state index in [4.69, 9.17) is 0 Å². The van der Waals surface area contributed by atoms with Crippen LogP contribution in [-0.2, 0) is 13.0 Å². The summed E-state index contributed by atoms with van der Waals surface area (Å²) in [4.78, 5) is 0. The topological polar surface area (TPSA) is 15.9 Å². The van der Waals surface area contributed by atoms with Gasteiger partial charge in [0, 0.05) is 29.8 Å². The van der Waals surface area contributed by atoms with Crippen LogP contribution in [0.1, 0.15) is 24.8 Å². The maximum Gasteiger partial charge on any atom is 0.174 e. The van der Waals surface area contributed by atoms with E-state index in [9.17, 15) is 0 Å². The zero-order valence-corrected chi connectivity index (χ0v) is 9.72. The minimum Gasteiger partial charge on any atom is -0.384 e. The van der Waals surface area contributed by atoms with Crippen LogP contribution in [0.4, 0.5) is 5.69 Å². The van der Waals surface area contributed by atoms with E-state index in [1.54, 1.807) is 0 Å². The number of aryl methyl sites for hydroxylation is 1. The molecule has 15 heavy (non-hydrogen) atoms. The number of halogens is 1. The third kappa shape index (κ3) is 2.43. The molecule has 1 saturated carbocycles. The molecule has 3 heteroatoms. The number of pyridine rings is 1. The summed E-state index contributed by atoms with van der Waals surface area (Å²) >= 11 is 0. The third-order valence-electron chi connectivity index (χ3n) is 3.20. The van der Waals surface area contributed by atoms with Crippen LogP contribution >= 0.6 is 12.4 Å². The highest BCUT2D eigenvalue weighted by Gasteiger charge is 2.26. The molecule has 1 aliphatic heterocycles. The Morgan fingerprint density at radius 1 is 1.40 bits per heavy atom.